The summed E-state index contributed by atoms with van der Waals surface area (Å²) >= 11 is 6.54. The van der Waals surface area contributed by atoms with E-state index in [0.717, 1.165) is 58.7 Å². The van der Waals surface area contributed by atoms with Gasteiger partial charge in [0.1, 0.15) is 37.1 Å². The number of nitrogens with one attached hydrogen (secondary N) is 2. The molecule has 4 heterocycles. The van der Waals surface area contributed by atoms with Gasteiger partial charge in [-0.15, -0.1) is 0 Å². The molecule has 4 aromatic rings. The molecule has 17 nitrogen and oxygen atoms in total. The van der Waals surface area contributed by atoms with Crippen LogP contribution in [0.1, 0.15) is 75.5 Å². The lowest BCUT2D eigenvalue weighted by molar-refractivity contribution is -0.136. The molecule has 1 unspecified atom stereocenters. The fourth-order valence-electron chi connectivity index (χ4n) is 8.37. The largest absolute Gasteiger partial charge is 0.496 e. The summed E-state index contributed by atoms with van der Waals surface area (Å²) in [5, 5.41) is 6.61. The number of benzene rings is 3. The number of aromatic nitrogens is 2. The molecule has 0 bridgehead atoms. The summed E-state index contributed by atoms with van der Waals surface area (Å²) in [4.78, 5) is 75.3. The number of fused-ring (bicyclic) bond motifs is 1. The number of hydrogen-bond donors (Lipinski definition) is 2. The Kier molecular flexibility index (Phi) is 16.8. The van der Waals surface area contributed by atoms with Crippen LogP contribution in [0.2, 0.25) is 5.02 Å². The number of ether oxygens (including phenoxy) is 5. The number of nitrogens with zero attached hydrogens (tertiary/aromatic N) is 4. The molecule has 0 spiro atoms. The van der Waals surface area contributed by atoms with Crippen molar-refractivity contribution in [2.24, 2.45) is 0 Å². The van der Waals surface area contributed by atoms with E-state index < -0.39 is 36.8 Å². The SMILES string of the molecule is COc1cc(N2CCC(NC(=O)CCOCCOCCOCCOc3cccc4c3C(=O)N(C3CCC(=O)NC3=O)C4=O)CC2)ccc1Cc1ncc(Cl)c(Cc2ccccc2P(C)(C)=O)n1. The maximum atomic E-state index is 13.2. The number of amides is 5. The topological polar surface area (TPSA) is 205 Å². The summed E-state index contributed by atoms with van der Waals surface area (Å²) < 4.78 is 41.3. The van der Waals surface area contributed by atoms with Gasteiger partial charge in [-0.1, -0.05) is 48.0 Å². The van der Waals surface area contributed by atoms with Crippen LogP contribution in [0.3, 0.4) is 0 Å². The third-order valence-corrected chi connectivity index (χ3v) is 13.7. The van der Waals surface area contributed by atoms with E-state index in [1.165, 1.54) is 6.07 Å². The van der Waals surface area contributed by atoms with E-state index in [2.05, 4.69) is 26.6 Å². The Hall–Kier alpha value is -5.71. The lowest BCUT2D eigenvalue weighted by atomic mass is 10.0. The van der Waals surface area contributed by atoms with Crippen molar-refractivity contribution in [2.45, 2.75) is 57.0 Å². The Morgan fingerprint density at radius 1 is 0.836 bits per heavy atom. The zero-order chi connectivity index (χ0) is 47.5. The number of halogens is 1. The summed E-state index contributed by atoms with van der Waals surface area (Å²) in [5.74, 6) is -0.858. The fraction of sp³-hybridized carbons (Fsp3) is 0.438. The smallest absolute Gasteiger partial charge is 0.266 e. The molecule has 3 aliphatic rings. The molecule has 1 aromatic heterocycles. The summed E-state index contributed by atoms with van der Waals surface area (Å²) in [7, 11) is -0.844. The van der Waals surface area contributed by atoms with Crippen molar-refractivity contribution in [1.82, 2.24) is 25.5 Å². The van der Waals surface area contributed by atoms with Crippen molar-refractivity contribution in [3.8, 4) is 11.5 Å². The maximum absolute atomic E-state index is 13.2. The molecular formula is C48H56ClN6O11P. The first-order chi connectivity index (χ1) is 32.3. The van der Waals surface area contributed by atoms with Gasteiger partial charge in [-0.05, 0) is 56.4 Å². The third kappa shape index (κ3) is 12.6. The van der Waals surface area contributed by atoms with E-state index >= 15 is 0 Å². The van der Waals surface area contributed by atoms with E-state index in [9.17, 15) is 28.5 Å². The molecule has 2 saturated heterocycles. The standard InChI is InChI=1S/C48H56ClN6O11P/c1-62-40-29-34(12-11-31(40)28-42-50-30-36(49)37(52-42)27-32-7-4-5-10-41(32)67(2,3)61)54-18-15-33(16-19-54)51-44(57)17-20-63-21-22-64-23-24-65-25-26-66-39-9-6-8-35-45(39)48(60)55(47(35)59)38-13-14-43(56)53-46(38)58/h4-12,29-30,33,38H,13-28H2,1-3H3,(H,51,57)(H,53,56,58). The van der Waals surface area contributed by atoms with Gasteiger partial charge in [-0.3, -0.25) is 34.2 Å². The second kappa shape index (κ2) is 22.9. The van der Waals surface area contributed by atoms with Gasteiger partial charge in [0.25, 0.3) is 11.8 Å². The molecule has 1 atom stereocenters. The monoisotopic (exact) mass is 958 g/mol. The number of hydrogen-bond acceptors (Lipinski definition) is 14. The van der Waals surface area contributed by atoms with E-state index in [0.29, 0.717) is 55.8 Å². The molecule has 0 saturated carbocycles. The van der Waals surface area contributed by atoms with Crippen LogP contribution in [0, 0.1) is 0 Å². The minimum absolute atomic E-state index is 0.0378. The van der Waals surface area contributed by atoms with Gasteiger partial charge in [-0.2, -0.15) is 0 Å². The first-order valence-electron chi connectivity index (χ1n) is 22.4. The van der Waals surface area contributed by atoms with Gasteiger partial charge in [0.15, 0.2) is 0 Å². The lowest BCUT2D eigenvalue weighted by Gasteiger charge is -2.34. The molecule has 3 aromatic carbocycles. The Balaban J connectivity index is 0.744. The summed E-state index contributed by atoms with van der Waals surface area (Å²) in [6.45, 7) is 6.92. The van der Waals surface area contributed by atoms with Gasteiger partial charge in [0.2, 0.25) is 17.7 Å². The van der Waals surface area contributed by atoms with Crippen LogP contribution in [0.5, 0.6) is 11.5 Å². The molecule has 7 rings (SSSR count). The fourth-order valence-corrected chi connectivity index (χ4v) is 9.82. The quantitative estimate of drug-likeness (QED) is 0.0630. The van der Waals surface area contributed by atoms with Crippen LogP contribution in [0.4, 0.5) is 5.69 Å². The van der Waals surface area contributed by atoms with Crippen molar-refractivity contribution < 1.29 is 52.2 Å². The van der Waals surface area contributed by atoms with Gasteiger partial charge in [-0.25, -0.2) is 9.97 Å². The summed E-state index contributed by atoms with van der Waals surface area (Å²) in [5.41, 5.74) is 3.81. The predicted octanol–water partition coefficient (Wildman–Crippen LogP) is 4.57. The number of methoxy groups -OCH3 is 1. The Labute approximate surface area is 394 Å². The van der Waals surface area contributed by atoms with Gasteiger partial charge in [0, 0.05) is 73.6 Å². The predicted molar refractivity (Wildman–Crippen MR) is 250 cm³/mol. The van der Waals surface area contributed by atoms with Crippen LogP contribution in [-0.2, 0) is 46.0 Å². The Bertz CT molecular complexity index is 2510. The average Bonchev–Trinajstić information content (AvgIpc) is 3.56. The highest BCUT2D eigenvalue weighted by Crippen LogP contribution is 2.37. The highest BCUT2D eigenvalue weighted by atomic mass is 35.5. The van der Waals surface area contributed by atoms with Crippen LogP contribution in [0.25, 0.3) is 0 Å². The molecule has 0 aliphatic carbocycles. The molecule has 3 aliphatic heterocycles. The van der Waals surface area contributed by atoms with Crippen LogP contribution in [-0.4, -0.2) is 136 Å². The molecule has 67 heavy (non-hydrogen) atoms. The molecule has 0 radical (unpaired) electrons. The van der Waals surface area contributed by atoms with Gasteiger partial charge in [0.05, 0.1) is 68.6 Å². The Morgan fingerprint density at radius 2 is 1.55 bits per heavy atom. The van der Waals surface area contributed by atoms with Gasteiger partial charge >= 0.3 is 0 Å². The molecule has 2 fully saturated rings. The molecule has 356 valence electrons. The van der Waals surface area contributed by atoms with Crippen molar-refractivity contribution >= 4 is 59.3 Å². The van der Waals surface area contributed by atoms with Crippen LogP contribution < -0.4 is 30.3 Å². The molecule has 19 heteroatoms. The maximum Gasteiger partial charge on any atom is 0.266 e. The third-order valence-electron chi connectivity index (χ3n) is 11.8. The zero-order valence-corrected chi connectivity index (χ0v) is 39.6. The van der Waals surface area contributed by atoms with E-state index in [4.69, 9.17) is 40.3 Å². The average molecular weight is 959 g/mol. The normalized spacial score (nSPS) is 16.6. The lowest BCUT2D eigenvalue weighted by Crippen LogP contribution is -2.54. The minimum Gasteiger partial charge on any atom is -0.496 e. The first-order valence-corrected chi connectivity index (χ1v) is 25.3. The highest BCUT2D eigenvalue weighted by Gasteiger charge is 2.46. The second-order valence-corrected chi connectivity index (χ2v) is 20.4. The number of rotatable bonds is 22. The number of imide groups is 2. The van der Waals surface area contributed by atoms with Crippen molar-refractivity contribution in [3.63, 3.8) is 0 Å². The highest BCUT2D eigenvalue weighted by molar-refractivity contribution is 7.70. The van der Waals surface area contributed by atoms with Crippen molar-refractivity contribution in [3.05, 3.63) is 106 Å². The second-order valence-electron chi connectivity index (χ2n) is 16.8. The van der Waals surface area contributed by atoms with E-state index in [-0.39, 0.29) is 67.9 Å². The van der Waals surface area contributed by atoms with Gasteiger partial charge < -0.3 is 38.5 Å². The van der Waals surface area contributed by atoms with E-state index in [1.807, 2.05) is 36.4 Å². The minimum atomic E-state index is -2.49. The Morgan fingerprint density at radius 3 is 2.27 bits per heavy atom. The van der Waals surface area contributed by atoms with Crippen LogP contribution >= 0.6 is 18.7 Å². The number of piperidine rings is 2. The zero-order valence-electron chi connectivity index (χ0n) is 37.9. The van der Waals surface area contributed by atoms with Crippen molar-refractivity contribution in [1.29, 1.82) is 0 Å². The molecule has 5 amide bonds. The molecular weight excluding hydrogens is 903 g/mol. The number of anilines is 1. The van der Waals surface area contributed by atoms with E-state index in [1.54, 1.807) is 38.8 Å². The van der Waals surface area contributed by atoms with Crippen molar-refractivity contribution in [2.75, 3.05) is 84.7 Å². The van der Waals surface area contributed by atoms with Crippen LogP contribution in [0.15, 0.2) is 66.9 Å². The first kappa shape index (κ1) is 49.2. The summed E-state index contributed by atoms with van der Waals surface area (Å²) in [6, 6.07) is 17.5. The number of carbonyl (C=O) groups excluding carboxylic acids is 5. The summed E-state index contributed by atoms with van der Waals surface area (Å²) in [6.07, 6.45) is 4.46. The number of carbonyl (C=O) groups is 5. The molecule has 2 N–H and O–H groups in total.